The van der Waals surface area contributed by atoms with E-state index < -0.39 is 24.3 Å². The number of alkyl halides is 6. The molecule has 0 fully saturated rings. The summed E-state index contributed by atoms with van der Waals surface area (Å²) < 4.78 is 77.4. The van der Waals surface area contributed by atoms with Crippen molar-refractivity contribution in [1.82, 2.24) is 5.32 Å². The first kappa shape index (κ1) is 18.3. The van der Waals surface area contributed by atoms with Crippen LogP contribution >= 0.6 is 15.9 Å². The van der Waals surface area contributed by atoms with Crippen LogP contribution in [0.25, 0.3) is 0 Å². The first-order valence-corrected chi connectivity index (χ1v) is 6.96. The maximum absolute atomic E-state index is 12.8. The second-order valence-corrected chi connectivity index (χ2v) is 5.47. The summed E-state index contributed by atoms with van der Waals surface area (Å²) in [5.74, 6) is -3.40. The van der Waals surface area contributed by atoms with Gasteiger partial charge in [-0.2, -0.15) is 26.3 Å². The number of nitrogens with one attached hydrogen (secondary N) is 1. The predicted octanol–water partition coefficient (Wildman–Crippen LogP) is 4.71. The lowest BCUT2D eigenvalue weighted by atomic mass is 9.92. The van der Waals surface area contributed by atoms with E-state index in [9.17, 15) is 26.3 Å². The van der Waals surface area contributed by atoms with Crippen molar-refractivity contribution in [2.75, 3.05) is 6.54 Å². The normalized spacial score (nSPS) is 14.5. The molecule has 0 bridgehead atoms. The molecular formula is C13H14BrF6N. The van der Waals surface area contributed by atoms with E-state index in [4.69, 9.17) is 0 Å². The van der Waals surface area contributed by atoms with Crippen molar-refractivity contribution in [2.45, 2.75) is 31.7 Å². The van der Waals surface area contributed by atoms with Gasteiger partial charge in [0.1, 0.15) is 0 Å². The molecule has 0 heterocycles. The SMILES string of the molecule is CCNC(Cc1cccc(Br)c1)C(C(F)(F)F)C(F)(F)F. The first-order valence-electron chi connectivity index (χ1n) is 6.17. The molecule has 1 nitrogen and oxygen atoms in total. The summed E-state index contributed by atoms with van der Waals surface area (Å²) in [4.78, 5) is 0. The van der Waals surface area contributed by atoms with E-state index in [-0.39, 0.29) is 13.0 Å². The van der Waals surface area contributed by atoms with Gasteiger partial charge in [-0.15, -0.1) is 0 Å². The van der Waals surface area contributed by atoms with Crippen LogP contribution in [-0.4, -0.2) is 24.9 Å². The Morgan fingerprint density at radius 2 is 1.67 bits per heavy atom. The van der Waals surface area contributed by atoms with E-state index in [1.807, 2.05) is 0 Å². The molecule has 1 rings (SSSR count). The zero-order chi connectivity index (χ0) is 16.3. The lowest BCUT2D eigenvalue weighted by Crippen LogP contribution is -2.52. The van der Waals surface area contributed by atoms with E-state index in [1.54, 1.807) is 12.1 Å². The fourth-order valence-corrected chi connectivity index (χ4v) is 2.58. The molecule has 21 heavy (non-hydrogen) atoms. The Hall–Kier alpha value is -0.760. The van der Waals surface area contributed by atoms with Crippen LogP contribution in [0.5, 0.6) is 0 Å². The third-order valence-corrected chi connectivity index (χ3v) is 3.41. The molecule has 120 valence electrons. The van der Waals surface area contributed by atoms with Crippen molar-refractivity contribution >= 4 is 15.9 Å². The summed E-state index contributed by atoms with van der Waals surface area (Å²) in [5, 5.41) is 2.31. The number of hydrogen-bond acceptors (Lipinski definition) is 1. The summed E-state index contributed by atoms with van der Waals surface area (Å²) in [5.41, 5.74) is 0.397. The van der Waals surface area contributed by atoms with Gasteiger partial charge < -0.3 is 5.32 Å². The molecule has 0 aliphatic rings. The van der Waals surface area contributed by atoms with Gasteiger partial charge in [-0.05, 0) is 30.7 Å². The second kappa shape index (κ2) is 7.00. The van der Waals surface area contributed by atoms with Crippen LogP contribution in [0.2, 0.25) is 0 Å². The van der Waals surface area contributed by atoms with Gasteiger partial charge in [0.25, 0.3) is 0 Å². The Morgan fingerprint density at radius 1 is 1.10 bits per heavy atom. The van der Waals surface area contributed by atoms with Crippen LogP contribution in [0, 0.1) is 5.92 Å². The van der Waals surface area contributed by atoms with E-state index >= 15 is 0 Å². The van der Waals surface area contributed by atoms with Crippen molar-refractivity contribution in [1.29, 1.82) is 0 Å². The Balaban J connectivity index is 3.08. The summed E-state index contributed by atoms with van der Waals surface area (Å²) in [7, 11) is 0. The largest absolute Gasteiger partial charge is 0.402 e. The number of likely N-dealkylation sites (N-methyl/N-ethyl adjacent to an activating group) is 1. The molecule has 1 atom stereocenters. The molecular weight excluding hydrogens is 364 g/mol. The average Bonchev–Trinajstić information content (AvgIpc) is 2.25. The predicted molar refractivity (Wildman–Crippen MR) is 70.9 cm³/mol. The standard InChI is InChI=1S/C13H14BrF6N/c1-2-21-10(7-8-4-3-5-9(14)6-8)11(12(15,16)17)13(18,19)20/h3-6,10-11,21H,2,7H2,1H3. The van der Waals surface area contributed by atoms with Crippen LogP contribution in [-0.2, 0) is 6.42 Å². The minimum Gasteiger partial charge on any atom is -0.313 e. The molecule has 1 aromatic carbocycles. The maximum Gasteiger partial charge on any atom is 0.402 e. The summed E-state index contributed by atoms with van der Waals surface area (Å²) in [6, 6.07) is 4.46. The molecule has 8 heteroatoms. The Bertz CT molecular complexity index is 443. The van der Waals surface area contributed by atoms with Crippen LogP contribution in [0.1, 0.15) is 12.5 Å². The molecule has 0 amide bonds. The lowest BCUT2D eigenvalue weighted by molar-refractivity contribution is -0.291. The van der Waals surface area contributed by atoms with Gasteiger partial charge in [0, 0.05) is 10.5 Å². The molecule has 1 unspecified atom stereocenters. The minimum atomic E-state index is -5.35. The number of halogens is 7. The minimum absolute atomic E-state index is 0.0152. The molecule has 0 aliphatic carbocycles. The van der Waals surface area contributed by atoms with Gasteiger partial charge >= 0.3 is 12.4 Å². The van der Waals surface area contributed by atoms with E-state index in [0.29, 0.717) is 10.0 Å². The van der Waals surface area contributed by atoms with Crippen molar-refractivity contribution in [3.63, 3.8) is 0 Å². The topological polar surface area (TPSA) is 12.0 Å². The van der Waals surface area contributed by atoms with Crippen molar-refractivity contribution in [3.05, 3.63) is 34.3 Å². The summed E-state index contributed by atoms with van der Waals surface area (Å²) in [6.07, 6.45) is -11.1. The van der Waals surface area contributed by atoms with Gasteiger partial charge in [0.15, 0.2) is 5.92 Å². The van der Waals surface area contributed by atoms with Gasteiger partial charge in [-0.25, -0.2) is 0 Å². The Morgan fingerprint density at radius 3 is 2.10 bits per heavy atom. The van der Waals surface area contributed by atoms with Gasteiger partial charge in [0.05, 0.1) is 0 Å². The highest BCUT2D eigenvalue weighted by molar-refractivity contribution is 9.10. The molecule has 0 aromatic heterocycles. The van der Waals surface area contributed by atoms with Gasteiger partial charge in [0.2, 0.25) is 0 Å². The number of hydrogen-bond donors (Lipinski definition) is 1. The molecule has 0 aliphatic heterocycles. The van der Waals surface area contributed by atoms with Crippen molar-refractivity contribution < 1.29 is 26.3 Å². The molecule has 1 aromatic rings. The smallest absolute Gasteiger partial charge is 0.313 e. The van der Waals surface area contributed by atoms with E-state index in [1.165, 1.54) is 19.1 Å². The highest BCUT2D eigenvalue weighted by Gasteiger charge is 2.59. The van der Waals surface area contributed by atoms with Crippen LogP contribution in [0.15, 0.2) is 28.7 Å². The van der Waals surface area contributed by atoms with Gasteiger partial charge in [-0.1, -0.05) is 35.0 Å². The highest BCUT2D eigenvalue weighted by atomic mass is 79.9. The van der Waals surface area contributed by atoms with Crippen LogP contribution in [0.4, 0.5) is 26.3 Å². The molecule has 0 spiro atoms. The fourth-order valence-electron chi connectivity index (χ4n) is 2.13. The third-order valence-electron chi connectivity index (χ3n) is 2.92. The van der Waals surface area contributed by atoms with E-state index in [2.05, 4.69) is 21.2 Å². The average molecular weight is 378 g/mol. The van der Waals surface area contributed by atoms with Crippen LogP contribution < -0.4 is 5.32 Å². The molecule has 1 N–H and O–H groups in total. The summed E-state index contributed by atoms with van der Waals surface area (Å²) >= 11 is 3.14. The van der Waals surface area contributed by atoms with Crippen molar-refractivity contribution in [3.8, 4) is 0 Å². The fraction of sp³-hybridized carbons (Fsp3) is 0.538. The number of benzene rings is 1. The quantitative estimate of drug-likeness (QED) is 0.732. The third kappa shape index (κ3) is 5.50. The van der Waals surface area contributed by atoms with Crippen LogP contribution in [0.3, 0.4) is 0 Å². The van der Waals surface area contributed by atoms with Crippen molar-refractivity contribution in [2.24, 2.45) is 5.92 Å². The lowest BCUT2D eigenvalue weighted by Gasteiger charge is -2.31. The monoisotopic (exact) mass is 377 g/mol. The highest BCUT2D eigenvalue weighted by Crippen LogP contribution is 2.42. The molecule has 0 saturated heterocycles. The Kier molecular flexibility index (Phi) is 6.10. The Labute approximate surface area is 126 Å². The maximum atomic E-state index is 12.8. The van der Waals surface area contributed by atoms with E-state index in [0.717, 1.165) is 0 Å². The zero-order valence-corrected chi connectivity index (χ0v) is 12.6. The molecule has 0 saturated carbocycles. The zero-order valence-electron chi connectivity index (χ0n) is 11.0. The van der Waals surface area contributed by atoms with Gasteiger partial charge in [-0.3, -0.25) is 0 Å². The second-order valence-electron chi connectivity index (χ2n) is 4.56. The first-order chi connectivity index (χ1) is 9.55. The molecule has 0 radical (unpaired) electrons. The number of rotatable bonds is 5. The summed E-state index contributed by atoms with van der Waals surface area (Å²) in [6.45, 7) is 1.49.